The molecule has 0 aliphatic rings. The Kier molecular flexibility index (Phi) is 3.80. The van der Waals surface area contributed by atoms with E-state index < -0.39 is 0 Å². The highest BCUT2D eigenvalue weighted by atomic mass is 19.1. The fraction of sp³-hybridized carbons (Fsp3) is 0.364. The summed E-state index contributed by atoms with van der Waals surface area (Å²) in [4.78, 5) is 1.99. The van der Waals surface area contributed by atoms with Crippen LogP contribution >= 0.6 is 0 Å². The zero-order chi connectivity index (χ0) is 11.4. The van der Waals surface area contributed by atoms with Crippen LogP contribution in [0.1, 0.15) is 18.1 Å². The van der Waals surface area contributed by atoms with Gasteiger partial charge in [-0.05, 0) is 19.7 Å². The van der Waals surface area contributed by atoms with Gasteiger partial charge in [0.1, 0.15) is 11.7 Å². The molecule has 0 fully saturated rings. The molecule has 0 radical (unpaired) electrons. The molecule has 0 saturated heterocycles. The minimum absolute atomic E-state index is 0.178. The molecule has 0 spiro atoms. The first-order valence-corrected chi connectivity index (χ1v) is 4.86. The van der Waals surface area contributed by atoms with Crippen molar-refractivity contribution < 1.29 is 4.39 Å². The van der Waals surface area contributed by atoms with Crippen molar-refractivity contribution in [3.05, 3.63) is 35.1 Å². The molecule has 0 unspecified atom stereocenters. The summed E-state index contributed by atoms with van der Waals surface area (Å²) in [5, 5.41) is 7.22. The second kappa shape index (κ2) is 4.89. The Hall–Kier alpha value is -1.42. The molecule has 1 aromatic carbocycles. The van der Waals surface area contributed by atoms with E-state index in [2.05, 4.69) is 0 Å². The zero-order valence-corrected chi connectivity index (χ0v) is 9.05. The fourth-order valence-electron chi connectivity index (χ4n) is 1.31. The van der Waals surface area contributed by atoms with Crippen molar-refractivity contribution in [1.82, 2.24) is 4.90 Å². The second-order valence-electron chi connectivity index (χ2n) is 3.52. The Bertz CT molecular complexity index is 363. The van der Waals surface area contributed by atoms with Crippen molar-refractivity contribution in [2.24, 2.45) is 5.73 Å². The molecule has 0 bridgehead atoms. The molecule has 3 nitrogen and oxygen atoms in total. The van der Waals surface area contributed by atoms with E-state index >= 15 is 0 Å². The third-order valence-electron chi connectivity index (χ3n) is 2.35. The van der Waals surface area contributed by atoms with Crippen LogP contribution in [0, 0.1) is 11.2 Å². The molecular weight excluding hydrogens is 193 g/mol. The number of nitrogens with two attached hydrogens (primary N) is 1. The molecular formula is C11H16FN3. The number of nitrogen functional groups attached to an aromatic ring is 1. The van der Waals surface area contributed by atoms with Crippen LogP contribution in [-0.4, -0.2) is 24.3 Å². The third kappa shape index (κ3) is 2.76. The lowest BCUT2D eigenvalue weighted by Crippen LogP contribution is -2.20. The largest absolute Gasteiger partial charge is 0.384 e. The monoisotopic (exact) mass is 209 g/mol. The molecule has 15 heavy (non-hydrogen) atoms. The summed E-state index contributed by atoms with van der Waals surface area (Å²) < 4.78 is 13.8. The van der Waals surface area contributed by atoms with Crippen LogP contribution in [0.5, 0.6) is 0 Å². The summed E-state index contributed by atoms with van der Waals surface area (Å²) in [6.45, 7) is 3.39. The first kappa shape index (κ1) is 11.7. The van der Waals surface area contributed by atoms with E-state index in [1.807, 2.05) is 18.9 Å². The molecule has 1 rings (SSSR count). The van der Waals surface area contributed by atoms with Gasteiger partial charge in [-0.2, -0.15) is 0 Å². The fourth-order valence-corrected chi connectivity index (χ4v) is 1.31. The minimum atomic E-state index is -0.384. The quantitative estimate of drug-likeness (QED) is 0.584. The lowest BCUT2D eigenvalue weighted by molar-refractivity contribution is 0.339. The third-order valence-corrected chi connectivity index (χ3v) is 2.35. The summed E-state index contributed by atoms with van der Waals surface area (Å²) in [6.07, 6.45) is 0. The minimum Gasteiger partial charge on any atom is -0.384 e. The molecule has 0 aliphatic carbocycles. The maximum Gasteiger partial charge on any atom is 0.138 e. The average molecular weight is 209 g/mol. The van der Waals surface area contributed by atoms with E-state index in [0.29, 0.717) is 12.1 Å². The summed E-state index contributed by atoms with van der Waals surface area (Å²) in [7, 11) is 1.92. The van der Waals surface area contributed by atoms with E-state index in [0.717, 1.165) is 6.54 Å². The topological polar surface area (TPSA) is 53.1 Å². The molecule has 1 aromatic rings. The predicted molar refractivity (Wildman–Crippen MR) is 59.4 cm³/mol. The smallest absolute Gasteiger partial charge is 0.138 e. The van der Waals surface area contributed by atoms with Crippen LogP contribution in [0.2, 0.25) is 0 Å². The molecule has 3 N–H and O–H groups in total. The molecule has 0 aromatic heterocycles. The zero-order valence-electron chi connectivity index (χ0n) is 9.05. The van der Waals surface area contributed by atoms with Crippen molar-refractivity contribution in [2.75, 3.05) is 13.6 Å². The molecule has 0 aliphatic heterocycles. The number of rotatable bonds is 4. The molecule has 0 atom stereocenters. The van der Waals surface area contributed by atoms with Gasteiger partial charge in [-0.3, -0.25) is 5.41 Å². The normalized spacial score (nSPS) is 10.7. The van der Waals surface area contributed by atoms with Crippen LogP contribution in [0.3, 0.4) is 0 Å². The maximum atomic E-state index is 13.8. The Balaban J connectivity index is 2.99. The van der Waals surface area contributed by atoms with Gasteiger partial charge in [-0.25, -0.2) is 4.39 Å². The van der Waals surface area contributed by atoms with Crippen LogP contribution in [0.4, 0.5) is 4.39 Å². The van der Waals surface area contributed by atoms with Crippen molar-refractivity contribution in [2.45, 2.75) is 13.5 Å². The van der Waals surface area contributed by atoms with Crippen molar-refractivity contribution in [3.8, 4) is 0 Å². The van der Waals surface area contributed by atoms with Gasteiger partial charge in [-0.1, -0.05) is 19.1 Å². The van der Waals surface area contributed by atoms with E-state index in [1.54, 1.807) is 12.1 Å². The summed E-state index contributed by atoms with van der Waals surface area (Å²) in [5.74, 6) is -0.612. The Morgan fingerprint density at radius 1 is 1.53 bits per heavy atom. The van der Waals surface area contributed by atoms with Gasteiger partial charge in [0.25, 0.3) is 0 Å². The number of benzene rings is 1. The standard InChI is InChI=1S/C11H16FN3/c1-3-15(2)7-8-5-4-6-9(10(8)12)11(13)14/h4-6H,3,7H2,1-2H3,(H3,13,14). The van der Waals surface area contributed by atoms with Crippen LogP contribution in [0.15, 0.2) is 18.2 Å². The van der Waals surface area contributed by atoms with Gasteiger partial charge in [-0.15, -0.1) is 0 Å². The summed E-state index contributed by atoms with van der Waals surface area (Å²) in [5.41, 5.74) is 6.03. The van der Waals surface area contributed by atoms with Crippen molar-refractivity contribution >= 4 is 5.84 Å². The van der Waals surface area contributed by atoms with Crippen molar-refractivity contribution in [1.29, 1.82) is 5.41 Å². The highest BCUT2D eigenvalue weighted by Crippen LogP contribution is 2.13. The van der Waals surface area contributed by atoms with Gasteiger partial charge in [0.2, 0.25) is 0 Å². The lowest BCUT2D eigenvalue weighted by atomic mass is 10.1. The molecule has 0 saturated carbocycles. The van der Waals surface area contributed by atoms with E-state index in [1.165, 1.54) is 6.07 Å². The van der Waals surface area contributed by atoms with Crippen molar-refractivity contribution in [3.63, 3.8) is 0 Å². The molecule has 0 amide bonds. The van der Waals surface area contributed by atoms with Crippen LogP contribution in [-0.2, 0) is 6.54 Å². The first-order valence-electron chi connectivity index (χ1n) is 4.86. The summed E-state index contributed by atoms with van der Waals surface area (Å²) in [6, 6.07) is 4.96. The lowest BCUT2D eigenvalue weighted by Gasteiger charge is -2.15. The van der Waals surface area contributed by atoms with E-state index in [-0.39, 0.29) is 17.2 Å². The number of hydrogen-bond acceptors (Lipinski definition) is 2. The van der Waals surface area contributed by atoms with Crippen LogP contribution in [0.25, 0.3) is 0 Å². The highest BCUT2D eigenvalue weighted by Gasteiger charge is 2.10. The first-order chi connectivity index (χ1) is 7.06. The van der Waals surface area contributed by atoms with Gasteiger partial charge >= 0.3 is 0 Å². The number of amidine groups is 1. The molecule has 0 heterocycles. The molecule has 82 valence electrons. The van der Waals surface area contributed by atoms with Gasteiger partial charge in [0, 0.05) is 12.1 Å². The summed E-state index contributed by atoms with van der Waals surface area (Å²) >= 11 is 0. The van der Waals surface area contributed by atoms with Gasteiger partial charge in [0.15, 0.2) is 0 Å². The average Bonchev–Trinajstić information content (AvgIpc) is 2.20. The van der Waals surface area contributed by atoms with Gasteiger partial charge in [0.05, 0.1) is 5.56 Å². The Labute approximate surface area is 89.2 Å². The Morgan fingerprint density at radius 3 is 2.73 bits per heavy atom. The molecule has 4 heteroatoms. The number of nitrogens with zero attached hydrogens (tertiary/aromatic N) is 1. The number of halogens is 1. The van der Waals surface area contributed by atoms with Gasteiger partial charge < -0.3 is 10.6 Å². The second-order valence-corrected chi connectivity index (χ2v) is 3.52. The SMILES string of the molecule is CCN(C)Cc1cccc(C(=N)N)c1F. The predicted octanol–water partition coefficient (Wildman–Crippen LogP) is 1.56. The maximum absolute atomic E-state index is 13.8. The van der Waals surface area contributed by atoms with E-state index in [4.69, 9.17) is 11.1 Å². The number of hydrogen-bond donors (Lipinski definition) is 2. The number of nitrogens with one attached hydrogen (secondary N) is 1. The Morgan fingerprint density at radius 2 is 2.20 bits per heavy atom. The highest BCUT2D eigenvalue weighted by molar-refractivity contribution is 5.95. The van der Waals surface area contributed by atoms with E-state index in [9.17, 15) is 4.39 Å². The van der Waals surface area contributed by atoms with Crippen LogP contribution < -0.4 is 5.73 Å².